The van der Waals surface area contributed by atoms with E-state index in [0.29, 0.717) is 24.7 Å². The third-order valence-electron chi connectivity index (χ3n) is 3.84. The summed E-state index contributed by atoms with van der Waals surface area (Å²) < 4.78 is 0. The van der Waals surface area contributed by atoms with Crippen molar-refractivity contribution in [1.29, 1.82) is 0 Å². The van der Waals surface area contributed by atoms with Gasteiger partial charge in [-0.3, -0.25) is 0 Å². The van der Waals surface area contributed by atoms with Gasteiger partial charge in [0.15, 0.2) is 0 Å². The number of aliphatic hydroxyl groups is 2. The SMILES string of the molecule is OC[C@H](O)CNCCNc1c2ccccc2nc2cc(Cl)ccc12. The maximum absolute atomic E-state index is 9.33. The van der Waals surface area contributed by atoms with Gasteiger partial charge < -0.3 is 20.8 Å². The Balaban J connectivity index is 1.84. The Hall–Kier alpha value is -1.92. The molecule has 126 valence electrons. The molecule has 3 rings (SSSR count). The summed E-state index contributed by atoms with van der Waals surface area (Å²) in [4.78, 5) is 4.68. The fourth-order valence-corrected chi connectivity index (χ4v) is 2.83. The Bertz CT molecular complexity index is 841. The van der Waals surface area contributed by atoms with Crippen molar-refractivity contribution in [1.82, 2.24) is 10.3 Å². The number of halogens is 1. The smallest absolute Gasteiger partial charge is 0.0894 e. The van der Waals surface area contributed by atoms with Crippen molar-refractivity contribution in [2.24, 2.45) is 0 Å². The summed E-state index contributed by atoms with van der Waals surface area (Å²) in [7, 11) is 0. The largest absolute Gasteiger partial charge is 0.394 e. The molecule has 0 radical (unpaired) electrons. The summed E-state index contributed by atoms with van der Waals surface area (Å²) in [6.07, 6.45) is -0.727. The number of fused-ring (bicyclic) bond motifs is 2. The molecule has 0 aliphatic carbocycles. The number of benzene rings is 2. The van der Waals surface area contributed by atoms with Crippen LogP contribution in [0.1, 0.15) is 0 Å². The van der Waals surface area contributed by atoms with Crippen LogP contribution in [-0.2, 0) is 0 Å². The lowest BCUT2D eigenvalue weighted by atomic mass is 10.1. The Morgan fingerprint density at radius 2 is 1.83 bits per heavy atom. The molecule has 0 fully saturated rings. The van der Waals surface area contributed by atoms with Gasteiger partial charge in [0.25, 0.3) is 0 Å². The average molecular weight is 346 g/mol. The molecular weight excluding hydrogens is 326 g/mol. The second-order valence-corrected chi connectivity index (χ2v) is 6.07. The first-order valence-electron chi connectivity index (χ1n) is 7.90. The molecule has 4 N–H and O–H groups in total. The van der Waals surface area contributed by atoms with Gasteiger partial charge in [-0.1, -0.05) is 29.8 Å². The van der Waals surface area contributed by atoms with Crippen molar-refractivity contribution in [3.63, 3.8) is 0 Å². The molecule has 0 unspecified atom stereocenters. The molecule has 1 aromatic heterocycles. The van der Waals surface area contributed by atoms with Crippen molar-refractivity contribution in [3.8, 4) is 0 Å². The fraction of sp³-hybridized carbons (Fsp3) is 0.278. The topological polar surface area (TPSA) is 77.4 Å². The minimum Gasteiger partial charge on any atom is -0.394 e. The van der Waals surface area contributed by atoms with Crippen molar-refractivity contribution in [2.45, 2.75) is 6.10 Å². The van der Waals surface area contributed by atoms with E-state index in [9.17, 15) is 5.11 Å². The molecule has 0 aliphatic heterocycles. The molecule has 0 bridgehead atoms. The highest BCUT2D eigenvalue weighted by Crippen LogP contribution is 2.31. The van der Waals surface area contributed by atoms with Crippen LogP contribution in [0.15, 0.2) is 42.5 Å². The van der Waals surface area contributed by atoms with E-state index in [0.717, 1.165) is 27.5 Å². The first-order valence-corrected chi connectivity index (χ1v) is 8.28. The van der Waals surface area contributed by atoms with Crippen LogP contribution >= 0.6 is 11.6 Å². The van der Waals surface area contributed by atoms with Crippen molar-refractivity contribution in [3.05, 3.63) is 47.5 Å². The summed E-state index contributed by atoms with van der Waals surface area (Å²) in [6.45, 7) is 1.49. The zero-order valence-corrected chi connectivity index (χ0v) is 13.9. The summed E-state index contributed by atoms with van der Waals surface area (Å²) in [5.41, 5.74) is 2.79. The van der Waals surface area contributed by atoms with Crippen molar-refractivity contribution < 1.29 is 10.2 Å². The Morgan fingerprint density at radius 1 is 1.04 bits per heavy atom. The lowest BCUT2D eigenvalue weighted by Crippen LogP contribution is -2.32. The van der Waals surface area contributed by atoms with Gasteiger partial charge in [0.2, 0.25) is 0 Å². The zero-order valence-electron chi connectivity index (χ0n) is 13.2. The van der Waals surface area contributed by atoms with Crippen LogP contribution in [0.3, 0.4) is 0 Å². The number of anilines is 1. The first-order chi connectivity index (χ1) is 11.7. The molecule has 5 nitrogen and oxygen atoms in total. The Labute approximate surface area is 145 Å². The predicted molar refractivity (Wildman–Crippen MR) is 98.7 cm³/mol. The van der Waals surface area contributed by atoms with E-state index in [1.165, 1.54) is 0 Å². The second-order valence-electron chi connectivity index (χ2n) is 5.63. The van der Waals surface area contributed by atoms with E-state index in [4.69, 9.17) is 16.7 Å². The molecule has 24 heavy (non-hydrogen) atoms. The number of nitrogens with zero attached hydrogens (tertiary/aromatic N) is 1. The van der Waals surface area contributed by atoms with E-state index in [2.05, 4.69) is 15.6 Å². The third-order valence-corrected chi connectivity index (χ3v) is 4.07. The number of para-hydroxylation sites is 1. The summed E-state index contributed by atoms with van der Waals surface area (Å²) in [5.74, 6) is 0. The van der Waals surface area contributed by atoms with E-state index in [1.54, 1.807) is 0 Å². The van der Waals surface area contributed by atoms with Crippen LogP contribution in [0.2, 0.25) is 5.02 Å². The van der Waals surface area contributed by atoms with Crippen LogP contribution in [0.5, 0.6) is 0 Å². The second kappa shape index (κ2) is 7.77. The molecule has 0 spiro atoms. The van der Waals surface area contributed by atoms with E-state index in [1.807, 2.05) is 42.5 Å². The number of rotatable bonds is 7. The van der Waals surface area contributed by atoms with Crippen molar-refractivity contribution >= 4 is 39.1 Å². The quantitative estimate of drug-likeness (QED) is 0.391. The van der Waals surface area contributed by atoms with Gasteiger partial charge in [-0.25, -0.2) is 4.98 Å². The standard InChI is InChI=1S/C18H20ClN3O2/c19-12-5-6-15-17(9-12)22-16-4-2-1-3-14(16)18(15)21-8-7-20-10-13(24)11-23/h1-6,9,13,20,23-24H,7-8,10-11H2,(H,21,22)/t13-/m1/s1. The minimum atomic E-state index is -0.727. The van der Waals surface area contributed by atoms with Gasteiger partial charge in [0.1, 0.15) is 0 Å². The number of aliphatic hydroxyl groups excluding tert-OH is 2. The molecule has 6 heteroatoms. The Kier molecular flexibility index (Phi) is 5.48. The number of pyridine rings is 1. The Morgan fingerprint density at radius 3 is 2.67 bits per heavy atom. The molecule has 1 heterocycles. The highest BCUT2D eigenvalue weighted by atomic mass is 35.5. The van der Waals surface area contributed by atoms with Gasteiger partial charge in [-0.2, -0.15) is 0 Å². The molecule has 3 aromatic rings. The monoisotopic (exact) mass is 345 g/mol. The highest BCUT2D eigenvalue weighted by Gasteiger charge is 2.09. The highest BCUT2D eigenvalue weighted by molar-refractivity contribution is 6.31. The number of hydrogen-bond donors (Lipinski definition) is 4. The fourth-order valence-electron chi connectivity index (χ4n) is 2.67. The molecule has 0 saturated heterocycles. The van der Waals surface area contributed by atoms with Crippen molar-refractivity contribution in [2.75, 3.05) is 31.6 Å². The van der Waals surface area contributed by atoms with Crippen LogP contribution in [0, 0.1) is 0 Å². The minimum absolute atomic E-state index is 0.235. The molecule has 0 aliphatic rings. The van der Waals surface area contributed by atoms with Gasteiger partial charge >= 0.3 is 0 Å². The first kappa shape index (κ1) is 16.9. The lowest BCUT2D eigenvalue weighted by Gasteiger charge is -2.14. The third kappa shape index (κ3) is 3.76. The summed E-state index contributed by atoms with van der Waals surface area (Å²) in [6, 6.07) is 13.7. The van der Waals surface area contributed by atoms with Crippen LogP contribution < -0.4 is 10.6 Å². The van der Waals surface area contributed by atoms with Crippen LogP contribution in [0.4, 0.5) is 5.69 Å². The van der Waals surface area contributed by atoms with E-state index < -0.39 is 6.10 Å². The molecule has 1 atom stereocenters. The number of hydrogen-bond acceptors (Lipinski definition) is 5. The van der Waals surface area contributed by atoms with Crippen LogP contribution in [0.25, 0.3) is 21.8 Å². The van der Waals surface area contributed by atoms with Gasteiger partial charge in [-0.15, -0.1) is 0 Å². The number of nitrogens with one attached hydrogen (secondary N) is 2. The van der Waals surface area contributed by atoms with Crippen LogP contribution in [-0.4, -0.2) is 47.5 Å². The maximum atomic E-state index is 9.33. The van der Waals surface area contributed by atoms with Gasteiger partial charge in [0.05, 0.1) is 29.4 Å². The molecular formula is C18H20ClN3O2. The zero-order chi connectivity index (χ0) is 16.9. The molecule has 0 amide bonds. The summed E-state index contributed by atoms with van der Waals surface area (Å²) >= 11 is 6.10. The lowest BCUT2D eigenvalue weighted by molar-refractivity contribution is 0.0949. The average Bonchev–Trinajstić information content (AvgIpc) is 2.60. The van der Waals surface area contributed by atoms with E-state index in [-0.39, 0.29) is 6.61 Å². The maximum Gasteiger partial charge on any atom is 0.0894 e. The molecule has 2 aromatic carbocycles. The van der Waals surface area contributed by atoms with Gasteiger partial charge in [0, 0.05) is 35.4 Å². The normalized spacial score (nSPS) is 12.6. The summed E-state index contributed by atoms with van der Waals surface area (Å²) in [5, 5.41) is 27.4. The number of aromatic nitrogens is 1. The van der Waals surface area contributed by atoms with E-state index >= 15 is 0 Å². The van der Waals surface area contributed by atoms with Gasteiger partial charge in [-0.05, 0) is 24.3 Å². The molecule has 0 saturated carbocycles. The predicted octanol–water partition coefficient (Wildman–Crippen LogP) is 2.40.